The zero-order valence-electron chi connectivity index (χ0n) is 8.25. The highest BCUT2D eigenvalue weighted by atomic mass is 15.3. The van der Waals surface area contributed by atoms with Crippen molar-refractivity contribution < 1.29 is 9.25 Å². The van der Waals surface area contributed by atoms with Gasteiger partial charge in [-0.05, 0) is 11.1 Å². The lowest BCUT2D eigenvalue weighted by atomic mass is 10.3. The van der Waals surface area contributed by atoms with Gasteiger partial charge < -0.3 is 0 Å². The molecule has 4 heteroatoms. The third-order valence-electron chi connectivity index (χ3n) is 2.09. The molecule has 0 atom stereocenters. The fraction of sp³-hybridized carbons (Fsp3) is 0.200. The number of aromatic nitrogens is 4. The van der Waals surface area contributed by atoms with Crippen LogP contribution in [0.3, 0.4) is 0 Å². The molecule has 0 saturated carbocycles. The fourth-order valence-electron chi connectivity index (χ4n) is 1.36. The van der Waals surface area contributed by atoms with Crippen molar-refractivity contribution in [2.45, 2.75) is 0 Å². The van der Waals surface area contributed by atoms with E-state index in [4.69, 9.17) is 0 Å². The summed E-state index contributed by atoms with van der Waals surface area (Å²) < 4.78 is 3.78. The molecule has 0 aromatic carbocycles. The van der Waals surface area contributed by atoms with Crippen LogP contribution in [0.25, 0.3) is 11.5 Å². The Bertz CT molecular complexity index is 410. The SMILES string of the molecule is C[n+]1ccccc1-c1nccn[n+]1C. The van der Waals surface area contributed by atoms with Crippen LogP contribution < -0.4 is 9.25 Å². The first kappa shape index (κ1) is 8.74. The molecule has 0 aliphatic heterocycles. The van der Waals surface area contributed by atoms with E-state index in [0.29, 0.717) is 0 Å². The fourth-order valence-corrected chi connectivity index (χ4v) is 1.36. The third-order valence-corrected chi connectivity index (χ3v) is 2.09. The molecule has 70 valence electrons. The Morgan fingerprint density at radius 1 is 1.14 bits per heavy atom. The zero-order valence-corrected chi connectivity index (χ0v) is 8.25. The summed E-state index contributed by atoms with van der Waals surface area (Å²) in [6.45, 7) is 0. The average molecular weight is 188 g/mol. The van der Waals surface area contributed by atoms with Gasteiger partial charge in [0.15, 0.2) is 12.4 Å². The van der Waals surface area contributed by atoms with Gasteiger partial charge in [-0.1, -0.05) is 5.10 Å². The maximum absolute atomic E-state index is 4.29. The van der Waals surface area contributed by atoms with E-state index in [1.54, 1.807) is 17.1 Å². The second kappa shape index (κ2) is 3.49. The summed E-state index contributed by atoms with van der Waals surface area (Å²) in [5.74, 6) is 0.857. The molecule has 0 bridgehead atoms. The maximum Gasteiger partial charge on any atom is 0.415 e. The van der Waals surface area contributed by atoms with Crippen molar-refractivity contribution in [3.8, 4) is 11.5 Å². The number of aryl methyl sites for hydroxylation is 2. The first-order valence-corrected chi connectivity index (χ1v) is 4.41. The van der Waals surface area contributed by atoms with Gasteiger partial charge in [0.2, 0.25) is 0 Å². The van der Waals surface area contributed by atoms with Crippen molar-refractivity contribution in [3.05, 3.63) is 36.8 Å². The highest BCUT2D eigenvalue weighted by Gasteiger charge is 2.21. The molecule has 14 heavy (non-hydrogen) atoms. The van der Waals surface area contributed by atoms with Crippen molar-refractivity contribution in [1.82, 2.24) is 10.1 Å². The monoisotopic (exact) mass is 188 g/mol. The van der Waals surface area contributed by atoms with E-state index in [0.717, 1.165) is 11.5 Å². The van der Waals surface area contributed by atoms with E-state index >= 15 is 0 Å². The van der Waals surface area contributed by atoms with Crippen LogP contribution in [0.15, 0.2) is 36.8 Å². The van der Waals surface area contributed by atoms with Gasteiger partial charge in [-0.2, -0.15) is 4.57 Å². The van der Waals surface area contributed by atoms with Gasteiger partial charge in [0.1, 0.15) is 20.3 Å². The largest absolute Gasteiger partial charge is 0.415 e. The lowest BCUT2D eigenvalue weighted by molar-refractivity contribution is -0.734. The number of hydrogen-bond acceptors (Lipinski definition) is 2. The van der Waals surface area contributed by atoms with Crippen LogP contribution in [-0.2, 0) is 14.1 Å². The molecule has 0 aliphatic rings. The van der Waals surface area contributed by atoms with Crippen molar-refractivity contribution in [3.63, 3.8) is 0 Å². The van der Waals surface area contributed by atoms with Crippen LogP contribution in [0.5, 0.6) is 0 Å². The molecule has 0 amide bonds. The maximum atomic E-state index is 4.29. The second-order valence-electron chi connectivity index (χ2n) is 3.09. The first-order chi connectivity index (χ1) is 6.79. The lowest BCUT2D eigenvalue weighted by Crippen LogP contribution is -2.41. The number of pyridine rings is 1. The van der Waals surface area contributed by atoms with Crippen molar-refractivity contribution in [2.75, 3.05) is 0 Å². The van der Waals surface area contributed by atoms with E-state index < -0.39 is 0 Å². The van der Waals surface area contributed by atoms with E-state index in [-0.39, 0.29) is 0 Å². The summed E-state index contributed by atoms with van der Waals surface area (Å²) in [6.07, 6.45) is 5.36. The summed E-state index contributed by atoms with van der Waals surface area (Å²) in [5, 5.41) is 4.14. The van der Waals surface area contributed by atoms with Crippen LogP contribution in [0.2, 0.25) is 0 Å². The quantitative estimate of drug-likeness (QED) is 0.580. The van der Waals surface area contributed by atoms with Crippen molar-refractivity contribution in [2.24, 2.45) is 14.1 Å². The molecule has 2 aromatic rings. The van der Waals surface area contributed by atoms with E-state index in [1.165, 1.54) is 0 Å². The molecule has 0 spiro atoms. The molecule has 0 aliphatic carbocycles. The Labute approximate surface area is 82.5 Å². The summed E-state index contributed by atoms with van der Waals surface area (Å²) in [4.78, 5) is 4.29. The minimum absolute atomic E-state index is 0.857. The van der Waals surface area contributed by atoms with Crippen LogP contribution in [0.1, 0.15) is 0 Å². The van der Waals surface area contributed by atoms with Crippen LogP contribution in [0, 0.1) is 0 Å². The molecule has 0 fully saturated rings. The zero-order chi connectivity index (χ0) is 9.97. The lowest BCUT2D eigenvalue weighted by Gasteiger charge is -1.94. The minimum Gasteiger partial charge on any atom is -0.194 e. The highest BCUT2D eigenvalue weighted by molar-refractivity contribution is 5.39. The van der Waals surface area contributed by atoms with Crippen LogP contribution >= 0.6 is 0 Å². The smallest absolute Gasteiger partial charge is 0.194 e. The van der Waals surface area contributed by atoms with E-state index in [9.17, 15) is 0 Å². The Balaban J connectivity index is 2.61. The Hall–Kier alpha value is -1.84. The Kier molecular flexibility index (Phi) is 2.18. The molecule has 0 saturated heterocycles. The summed E-state index contributed by atoms with van der Waals surface area (Å²) in [7, 11) is 3.87. The van der Waals surface area contributed by atoms with Crippen LogP contribution in [0.4, 0.5) is 0 Å². The first-order valence-electron chi connectivity index (χ1n) is 4.41. The molecular weight excluding hydrogens is 176 g/mol. The van der Waals surface area contributed by atoms with Crippen LogP contribution in [-0.4, -0.2) is 10.1 Å². The number of hydrogen-bond donors (Lipinski definition) is 0. The number of rotatable bonds is 1. The Morgan fingerprint density at radius 2 is 2.00 bits per heavy atom. The Morgan fingerprint density at radius 3 is 2.71 bits per heavy atom. The predicted octanol–water partition coefficient (Wildman–Crippen LogP) is -0.207. The summed E-state index contributed by atoms with van der Waals surface area (Å²) >= 11 is 0. The highest BCUT2D eigenvalue weighted by Crippen LogP contribution is 2.03. The van der Waals surface area contributed by atoms with E-state index in [2.05, 4.69) is 10.1 Å². The third kappa shape index (κ3) is 1.46. The van der Waals surface area contributed by atoms with Gasteiger partial charge in [0, 0.05) is 12.1 Å². The van der Waals surface area contributed by atoms with E-state index in [1.807, 2.05) is 43.1 Å². The molecular formula is C10H12N4+2. The van der Waals surface area contributed by atoms with Gasteiger partial charge >= 0.3 is 11.5 Å². The van der Waals surface area contributed by atoms with Gasteiger partial charge in [-0.25, -0.2) is 0 Å². The van der Waals surface area contributed by atoms with Gasteiger partial charge in [0.25, 0.3) is 0 Å². The summed E-state index contributed by atoms with van der Waals surface area (Å²) in [5.41, 5.74) is 1.04. The molecule has 0 unspecified atom stereocenters. The topological polar surface area (TPSA) is 33.5 Å². The second-order valence-corrected chi connectivity index (χ2v) is 3.09. The normalized spacial score (nSPS) is 10.1. The number of nitrogens with zero attached hydrogens (tertiary/aromatic N) is 4. The molecule has 2 heterocycles. The molecule has 2 aromatic heterocycles. The molecule has 2 rings (SSSR count). The standard InChI is InChI=1S/C10H12N4/c1-13-8-4-3-5-9(13)10-11-6-7-12-14(10)2/h3-8H,1-2H3/q+2. The average Bonchev–Trinajstić information content (AvgIpc) is 2.20. The van der Waals surface area contributed by atoms with Crippen molar-refractivity contribution >= 4 is 0 Å². The molecule has 4 nitrogen and oxygen atoms in total. The van der Waals surface area contributed by atoms with Crippen molar-refractivity contribution in [1.29, 1.82) is 0 Å². The summed E-state index contributed by atoms with van der Waals surface area (Å²) in [6, 6.07) is 5.99. The van der Waals surface area contributed by atoms with Gasteiger partial charge in [-0.15, -0.1) is 4.68 Å². The van der Waals surface area contributed by atoms with Gasteiger partial charge in [0.05, 0.1) is 0 Å². The predicted molar refractivity (Wildman–Crippen MR) is 49.8 cm³/mol. The molecule has 0 radical (unpaired) electrons. The molecule has 0 N–H and O–H groups in total. The van der Waals surface area contributed by atoms with Gasteiger partial charge in [-0.3, -0.25) is 0 Å². The minimum atomic E-state index is 0.857.